The fourth-order valence-electron chi connectivity index (χ4n) is 4.43. The first-order valence-electron chi connectivity index (χ1n) is 11.3. The highest BCUT2D eigenvalue weighted by Crippen LogP contribution is 2.29. The molecular weight excluding hydrogens is 435 g/mol. The van der Waals surface area contributed by atoms with Crippen LogP contribution in [0.3, 0.4) is 0 Å². The summed E-state index contributed by atoms with van der Waals surface area (Å²) in [6.07, 6.45) is 1.17. The van der Waals surface area contributed by atoms with E-state index in [0.717, 1.165) is 31.0 Å². The molecule has 1 aromatic carbocycles. The summed E-state index contributed by atoms with van der Waals surface area (Å²) in [5, 5.41) is 5.32. The Bertz CT molecular complexity index is 888. The number of nitrogens with zero attached hydrogens (tertiary/aromatic N) is 1. The van der Waals surface area contributed by atoms with E-state index in [1.165, 1.54) is 25.3 Å². The Kier molecular flexibility index (Phi) is 8.75. The summed E-state index contributed by atoms with van der Waals surface area (Å²) in [5.74, 6) is 4.51. The van der Waals surface area contributed by atoms with Gasteiger partial charge in [0.1, 0.15) is 6.61 Å². The van der Waals surface area contributed by atoms with Gasteiger partial charge in [0, 0.05) is 24.7 Å². The van der Waals surface area contributed by atoms with Gasteiger partial charge < -0.3 is 15.4 Å². The van der Waals surface area contributed by atoms with Crippen molar-refractivity contribution in [3.8, 4) is 11.8 Å². The van der Waals surface area contributed by atoms with Crippen LogP contribution in [0.25, 0.3) is 0 Å². The molecule has 2 aliphatic rings. The van der Waals surface area contributed by atoms with Crippen LogP contribution in [0.4, 0.5) is 13.2 Å². The topological polar surface area (TPSA) is 70.7 Å². The smallest absolute Gasteiger partial charge is 0.362 e. The SMILES string of the molecule is CC#CCOC1CN(C2CCCCC2)CC1NC(=O)CNC(=O)c1cccc(C(F)(F)F)c1. The molecule has 6 nitrogen and oxygen atoms in total. The van der Waals surface area contributed by atoms with Gasteiger partial charge in [0.2, 0.25) is 5.91 Å². The largest absolute Gasteiger partial charge is 0.416 e. The molecule has 1 aromatic rings. The Morgan fingerprint density at radius 2 is 1.94 bits per heavy atom. The van der Waals surface area contributed by atoms with Crippen molar-refractivity contribution in [3.05, 3.63) is 35.4 Å². The lowest BCUT2D eigenvalue weighted by molar-refractivity contribution is -0.137. The lowest BCUT2D eigenvalue weighted by Gasteiger charge is -2.30. The van der Waals surface area contributed by atoms with Crippen molar-refractivity contribution in [2.45, 2.75) is 63.4 Å². The molecule has 33 heavy (non-hydrogen) atoms. The zero-order valence-electron chi connectivity index (χ0n) is 18.7. The number of carbonyl (C=O) groups is 2. The second kappa shape index (κ2) is 11.5. The van der Waals surface area contributed by atoms with Crippen molar-refractivity contribution in [2.24, 2.45) is 0 Å². The van der Waals surface area contributed by atoms with Crippen LogP contribution in [-0.4, -0.2) is 61.1 Å². The van der Waals surface area contributed by atoms with Crippen molar-refractivity contribution in [3.63, 3.8) is 0 Å². The van der Waals surface area contributed by atoms with E-state index < -0.39 is 23.6 Å². The number of ether oxygens (including phenoxy) is 1. The number of amides is 2. The van der Waals surface area contributed by atoms with Crippen LogP contribution >= 0.6 is 0 Å². The molecule has 0 bridgehead atoms. The minimum Gasteiger partial charge on any atom is -0.362 e. The number of benzene rings is 1. The zero-order valence-corrected chi connectivity index (χ0v) is 18.7. The molecule has 1 heterocycles. The molecule has 2 atom stereocenters. The molecule has 0 aromatic heterocycles. The average Bonchev–Trinajstić information content (AvgIpc) is 3.20. The normalized spacial score (nSPS) is 21.8. The fourth-order valence-corrected chi connectivity index (χ4v) is 4.43. The van der Waals surface area contributed by atoms with Gasteiger partial charge in [0.25, 0.3) is 5.91 Å². The number of carbonyl (C=O) groups excluding carboxylic acids is 2. The van der Waals surface area contributed by atoms with Crippen LogP contribution in [0, 0.1) is 11.8 Å². The molecule has 3 rings (SSSR count). The first kappa shape index (κ1) is 25.1. The van der Waals surface area contributed by atoms with Crippen molar-refractivity contribution in [2.75, 3.05) is 26.2 Å². The number of alkyl halides is 3. The highest BCUT2D eigenvalue weighted by molar-refractivity contribution is 5.96. The highest BCUT2D eigenvalue weighted by atomic mass is 19.4. The molecule has 2 amide bonds. The van der Waals surface area contributed by atoms with Crippen LogP contribution in [0.5, 0.6) is 0 Å². The summed E-state index contributed by atoms with van der Waals surface area (Å²) in [4.78, 5) is 27.1. The number of nitrogens with one attached hydrogen (secondary N) is 2. The van der Waals surface area contributed by atoms with Crippen LogP contribution in [-0.2, 0) is 15.7 Å². The fraction of sp³-hybridized carbons (Fsp3) is 0.583. The van der Waals surface area contributed by atoms with E-state index in [2.05, 4.69) is 27.4 Å². The number of likely N-dealkylation sites (tertiary alicyclic amines) is 1. The summed E-state index contributed by atoms with van der Waals surface area (Å²) < 4.78 is 44.5. The van der Waals surface area contributed by atoms with E-state index in [0.29, 0.717) is 19.1 Å². The van der Waals surface area contributed by atoms with Gasteiger partial charge in [0.15, 0.2) is 0 Å². The Morgan fingerprint density at radius 1 is 1.18 bits per heavy atom. The van der Waals surface area contributed by atoms with Crippen molar-refractivity contribution < 1.29 is 27.5 Å². The summed E-state index contributed by atoms with van der Waals surface area (Å²) in [7, 11) is 0. The molecule has 0 radical (unpaired) electrons. The van der Waals surface area contributed by atoms with Gasteiger partial charge >= 0.3 is 6.18 Å². The molecule has 2 fully saturated rings. The first-order chi connectivity index (χ1) is 15.8. The molecule has 0 spiro atoms. The highest BCUT2D eigenvalue weighted by Gasteiger charge is 2.38. The van der Waals surface area contributed by atoms with Gasteiger partial charge in [-0.3, -0.25) is 14.5 Å². The maximum absolute atomic E-state index is 12.9. The molecule has 1 aliphatic heterocycles. The number of hydrogen-bond acceptors (Lipinski definition) is 4. The Hall–Kier alpha value is -2.57. The third kappa shape index (κ3) is 7.21. The van der Waals surface area contributed by atoms with Crippen LogP contribution in [0.2, 0.25) is 0 Å². The summed E-state index contributed by atoms with van der Waals surface area (Å²) in [5.41, 5.74) is -1.06. The predicted molar refractivity (Wildman–Crippen MR) is 117 cm³/mol. The Balaban J connectivity index is 1.55. The Morgan fingerprint density at radius 3 is 2.64 bits per heavy atom. The summed E-state index contributed by atoms with van der Waals surface area (Å²) >= 11 is 0. The van der Waals surface area contributed by atoms with Crippen LogP contribution in [0.1, 0.15) is 54.9 Å². The van der Waals surface area contributed by atoms with Crippen molar-refractivity contribution in [1.82, 2.24) is 15.5 Å². The lowest BCUT2D eigenvalue weighted by atomic mass is 9.94. The van der Waals surface area contributed by atoms with E-state index in [-0.39, 0.29) is 30.9 Å². The van der Waals surface area contributed by atoms with Crippen molar-refractivity contribution >= 4 is 11.8 Å². The molecule has 2 unspecified atom stereocenters. The van der Waals surface area contributed by atoms with E-state index in [1.807, 2.05) is 0 Å². The summed E-state index contributed by atoms with van der Waals surface area (Å²) in [6.45, 7) is 3.04. The molecular formula is C24H30F3N3O3. The third-order valence-corrected chi connectivity index (χ3v) is 6.14. The van der Waals surface area contributed by atoms with Crippen molar-refractivity contribution in [1.29, 1.82) is 0 Å². The molecule has 1 saturated heterocycles. The predicted octanol–water partition coefficient (Wildman–Crippen LogP) is 2.98. The molecule has 180 valence electrons. The summed E-state index contributed by atoms with van der Waals surface area (Å²) in [6, 6.07) is 4.33. The van der Waals surface area contributed by atoms with E-state index >= 15 is 0 Å². The van der Waals surface area contributed by atoms with Gasteiger partial charge in [-0.25, -0.2) is 0 Å². The van der Waals surface area contributed by atoms with E-state index in [1.54, 1.807) is 6.92 Å². The molecule has 9 heteroatoms. The standard InChI is InChI=1S/C24H30F3N3O3/c1-2-3-12-33-21-16-30(19-10-5-4-6-11-19)15-20(21)29-22(31)14-28-23(32)17-8-7-9-18(13-17)24(25,26)27/h7-9,13,19-21H,4-6,10-12,14-16H2,1H3,(H,28,32)(H,29,31). The first-order valence-corrected chi connectivity index (χ1v) is 11.3. The van der Waals surface area contributed by atoms with Gasteiger partial charge in [-0.2, -0.15) is 13.2 Å². The third-order valence-electron chi connectivity index (χ3n) is 6.14. The minimum atomic E-state index is -4.54. The average molecular weight is 466 g/mol. The van der Waals surface area contributed by atoms with Gasteiger partial charge in [-0.1, -0.05) is 31.2 Å². The van der Waals surface area contributed by atoms with Crippen LogP contribution in [0.15, 0.2) is 24.3 Å². The van der Waals surface area contributed by atoms with Gasteiger partial charge in [0.05, 0.1) is 24.3 Å². The molecule has 1 saturated carbocycles. The molecule has 2 N–H and O–H groups in total. The minimum absolute atomic E-state index is 0.152. The van der Waals surface area contributed by atoms with Gasteiger partial charge in [-0.05, 0) is 38.0 Å². The monoisotopic (exact) mass is 465 g/mol. The van der Waals surface area contributed by atoms with E-state index in [9.17, 15) is 22.8 Å². The number of rotatable bonds is 7. The maximum Gasteiger partial charge on any atom is 0.416 e. The number of hydrogen-bond donors (Lipinski definition) is 2. The lowest BCUT2D eigenvalue weighted by Crippen LogP contribution is -2.48. The Labute approximate surface area is 192 Å². The maximum atomic E-state index is 12.9. The number of halogens is 3. The zero-order chi connectivity index (χ0) is 23.8. The van der Waals surface area contributed by atoms with Gasteiger partial charge in [-0.15, -0.1) is 5.92 Å². The quantitative estimate of drug-likeness (QED) is 0.608. The van der Waals surface area contributed by atoms with Crippen LogP contribution < -0.4 is 10.6 Å². The van der Waals surface area contributed by atoms with E-state index in [4.69, 9.17) is 4.74 Å². The molecule has 1 aliphatic carbocycles. The second-order valence-electron chi connectivity index (χ2n) is 8.46. The second-order valence-corrected chi connectivity index (χ2v) is 8.46.